The first-order valence-corrected chi connectivity index (χ1v) is 6.32. The van der Waals surface area contributed by atoms with Gasteiger partial charge in [0.2, 0.25) is 0 Å². The summed E-state index contributed by atoms with van der Waals surface area (Å²) in [6.07, 6.45) is 0.0554. The number of hydrogen-bond acceptors (Lipinski definition) is 3. The summed E-state index contributed by atoms with van der Waals surface area (Å²) < 4.78 is 19.1. The van der Waals surface area contributed by atoms with Gasteiger partial charge in [-0.15, -0.1) is 0 Å². The maximum Gasteiger partial charge on any atom is 0.165 e. The molecule has 2 N–H and O–H groups in total. The molecule has 1 aromatic rings. The summed E-state index contributed by atoms with van der Waals surface area (Å²) in [6, 6.07) is 5.24. The van der Waals surface area contributed by atoms with Crippen LogP contribution in [0.5, 0.6) is 5.75 Å². The predicted molar refractivity (Wildman–Crippen MR) is 70.2 cm³/mol. The quantitative estimate of drug-likeness (QED) is 0.786. The van der Waals surface area contributed by atoms with E-state index >= 15 is 0 Å². The van der Waals surface area contributed by atoms with E-state index in [1.54, 1.807) is 13.0 Å². The third kappa shape index (κ3) is 5.02. The maximum absolute atomic E-state index is 13.7. The number of ether oxygens (including phenoxy) is 1. The summed E-state index contributed by atoms with van der Waals surface area (Å²) in [5.74, 6) is -0.0741. The first-order valence-electron chi connectivity index (χ1n) is 6.32. The number of hydrogen-bond donors (Lipinski definition) is 2. The second-order valence-corrected chi connectivity index (χ2v) is 4.75. The Morgan fingerprint density at radius 2 is 2.06 bits per heavy atom. The fourth-order valence-corrected chi connectivity index (χ4v) is 1.50. The Bertz CT molecular complexity index is 367. The zero-order valence-electron chi connectivity index (χ0n) is 11.2. The molecule has 0 aromatic heterocycles. The van der Waals surface area contributed by atoms with Crippen molar-refractivity contribution < 1.29 is 14.2 Å². The van der Waals surface area contributed by atoms with Crippen molar-refractivity contribution in [1.29, 1.82) is 0 Å². The van der Waals surface area contributed by atoms with Crippen LogP contribution in [0.1, 0.15) is 32.8 Å². The Hall–Kier alpha value is -1.13. The Morgan fingerprint density at radius 3 is 2.67 bits per heavy atom. The third-order valence-electron chi connectivity index (χ3n) is 2.53. The second kappa shape index (κ2) is 7.34. The van der Waals surface area contributed by atoms with Crippen LogP contribution in [0.15, 0.2) is 18.2 Å². The highest BCUT2D eigenvalue weighted by atomic mass is 19.1. The second-order valence-electron chi connectivity index (χ2n) is 4.75. The number of halogens is 1. The Kier molecular flexibility index (Phi) is 6.09. The van der Waals surface area contributed by atoms with Gasteiger partial charge >= 0.3 is 0 Å². The van der Waals surface area contributed by atoms with E-state index in [4.69, 9.17) is 9.84 Å². The number of benzene rings is 1. The van der Waals surface area contributed by atoms with Crippen LogP contribution in [0.25, 0.3) is 0 Å². The van der Waals surface area contributed by atoms with Gasteiger partial charge in [-0.25, -0.2) is 4.39 Å². The monoisotopic (exact) mass is 255 g/mol. The largest absolute Gasteiger partial charge is 0.490 e. The first-order chi connectivity index (χ1) is 8.50. The minimum Gasteiger partial charge on any atom is -0.490 e. The number of rotatable bonds is 7. The molecule has 4 heteroatoms. The number of aliphatic hydroxyl groups is 1. The number of aliphatic hydroxyl groups excluding tert-OH is 1. The molecule has 1 unspecified atom stereocenters. The Labute approximate surface area is 108 Å². The molecule has 18 heavy (non-hydrogen) atoms. The maximum atomic E-state index is 13.7. The average molecular weight is 255 g/mol. The zero-order chi connectivity index (χ0) is 13.5. The SMILES string of the molecule is CC(O)CCOc1c(F)cccc1CNC(C)C. The Morgan fingerprint density at radius 1 is 1.33 bits per heavy atom. The minimum atomic E-state index is -0.436. The summed E-state index contributed by atoms with van der Waals surface area (Å²) >= 11 is 0. The van der Waals surface area contributed by atoms with Crippen molar-refractivity contribution in [1.82, 2.24) is 5.32 Å². The topological polar surface area (TPSA) is 41.5 Å². The minimum absolute atomic E-state index is 0.284. The van der Waals surface area contributed by atoms with Crippen molar-refractivity contribution in [3.63, 3.8) is 0 Å². The van der Waals surface area contributed by atoms with Crippen LogP contribution in [0.4, 0.5) is 4.39 Å². The van der Waals surface area contributed by atoms with Gasteiger partial charge in [0.25, 0.3) is 0 Å². The van der Waals surface area contributed by atoms with E-state index in [1.807, 2.05) is 19.9 Å². The van der Waals surface area contributed by atoms with E-state index in [0.29, 0.717) is 25.6 Å². The lowest BCUT2D eigenvalue weighted by Gasteiger charge is -2.15. The van der Waals surface area contributed by atoms with E-state index in [2.05, 4.69) is 5.32 Å². The standard InChI is InChI=1S/C14H22FNO2/c1-10(2)16-9-12-5-4-6-13(15)14(12)18-8-7-11(3)17/h4-6,10-11,16-17H,7-9H2,1-3H3. The van der Waals surface area contributed by atoms with Crippen LogP contribution in [0, 0.1) is 5.82 Å². The summed E-state index contributed by atoms with van der Waals surface area (Å²) in [5.41, 5.74) is 0.800. The third-order valence-corrected chi connectivity index (χ3v) is 2.53. The van der Waals surface area contributed by atoms with E-state index in [0.717, 1.165) is 5.56 Å². The highest BCUT2D eigenvalue weighted by Crippen LogP contribution is 2.23. The lowest BCUT2D eigenvalue weighted by Crippen LogP contribution is -2.22. The Balaban J connectivity index is 2.67. The van der Waals surface area contributed by atoms with E-state index in [-0.39, 0.29) is 11.6 Å². The zero-order valence-corrected chi connectivity index (χ0v) is 11.2. The van der Waals surface area contributed by atoms with Crippen LogP contribution in [-0.2, 0) is 6.54 Å². The van der Waals surface area contributed by atoms with Crippen LogP contribution in [0.2, 0.25) is 0 Å². The highest BCUT2D eigenvalue weighted by molar-refractivity contribution is 5.34. The van der Waals surface area contributed by atoms with E-state index < -0.39 is 6.10 Å². The van der Waals surface area contributed by atoms with Gasteiger partial charge in [0.05, 0.1) is 12.7 Å². The van der Waals surface area contributed by atoms with Crippen molar-refractivity contribution in [3.8, 4) is 5.75 Å². The smallest absolute Gasteiger partial charge is 0.165 e. The fourth-order valence-electron chi connectivity index (χ4n) is 1.50. The lowest BCUT2D eigenvalue weighted by molar-refractivity contribution is 0.153. The number of nitrogens with one attached hydrogen (secondary N) is 1. The lowest BCUT2D eigenvalue weighted by atomic mass is 10.2. The summed E-state index contributed by atoms with van der Waals surface area (Å²) in [5, 5.41) is 12.4. The van der Waals surface area contributed by atoms with Gasteiger partial charge in [-0.2, -0.15) is 0 Å². The van der Waals surface area contributed by atoms with Gasteiger partial charge in [0.1, 0.15) is 0 Å². The molecule has 0 bridgehead atoms. The van der Waals surface area contributed by atoms with Crippen LogP contribution in [0.3, 0.4) is 0 Å². The molecule has 0 heterocycles. The van der Waals surface area contributed by atoms with E-state index in [1.165, 1.54) is 6.07 Å². The molecule has 0 saturated carbocycles. The molecule has 1 atom stereocenters. The molecule has 0 aliphatic rings. The van der Waals surface area contributed by atoms with Crippen LogP contribution in [-0.4, -0.2) is 23.9 Å². The number of para-hydroxylation sites is 1. The van der Waals surface area contributed by atoms with Crippen molar-refractivity contribution in [2.24, 2.45) is 0 Å². The summed E-state index contributed by atoms with van der Waals surface area (Å²) in [4.78, 5) is 0. The predicted octanol–water partition coefficient (Wildman–Crippen LogP) is 2.47. The van der Waals surface area contributed by atoms with Gasteiger partial charge in [-0.1, -0.05) is 26.0 Å². The molecule has 102 valence electrons. The molecule has 3 nitrogen and oxygen atoms in total. The molecule has 1 rings (SSSR count). The summed E-state index contributed by atoms with van der Waals surface area (Å²) in [6.45, 7) is 6.64. The van der Waals surface area contributed by atoms with Crippen molar-refractivity contribution in [2.45, 2.75) is 45.9 Å². The van der Waals surface area contributed by atoms with Crippen LogP contribution >= 0.6 is 0 Å². The highest BCUT2D eigenvalue weighted by Gasteiger charge is 2.10. The molecule has 0 fully saturated rings. The van der Waals surface area contributed by atoms with Gasteiger partial charge in [0, 0.05) is 24.6 Å². The molecule has 0 aliphatic heterocycles. The average Bonchev–Trinajstić information content (AvgIpc) is 2.28. The molecule has 0 radical (unpaired) electrons. The van der Waals surface area contributed by atoms with Gasteiger partial charge in [-0.3, -0.25) is 0 Å². The van der Waals surface area contributed by atoms with Crippen LogP contribution < -0.4 is 10.1 Å². The van der Waals surface area contributed by atoms with Gasteiger partial charge in [0.15, 0.2) is 11.6 Å². The molecular formula is C14H22FNO2. The van der Waals surface area contributed by atoms with E-state index in [9.17, 15) is 4.39 Å². The summed E-state index contributed by atoms with van der Waals surface area (Å²) in [7, 11) is 0. The molecular weight excluding hydrogens is 233 g/mol. The van der Waals surface area contributed by atoms with Crippen molar-refractivity contribution in [3.05, 3.63) is 29.6 Å². The molecule has 0 saturated heterocycles. The molecule has 0 amide bonds. The molecule has 1 aromatic carbocycles. The van der Waals surface area contributed by atoms with Crippen molar-refractivity contribution >= 4 is 0 Å². The molecule has 0 spiro atoms. The normalized spacial score (nSPS) is 12.8. The van der Waals surface area contributed by atoms with Crippen molar-refractivity contribution in [2.75, 3.05) is 6.61 Å². The fraction of sp³-hybridized carbons (Fsp3) is 0.571. The first kappa shape index (κ1) is 14.9. The molecule has 0 aliphatic carbocycles. The van der Waals surface area contributed by atoms with Gasteiger partial charge in [-0.05, 0) is 13.0 Å². The van der Waals surface area contributed by atoms with Gasteiger partial charge < -0.3 is 15.2 Å².